The first-order valence-corrected chi connectivity index (χ1v) is 7.01. The molecule has 2 aliphatic rings. The molecule has 0 fully saturated rings. The monoisotopic (exact) mass is 262 g/mol. The molecule has 0 radical (unpaired) electrons. The first kappa shape index (κ1) is 13.8. The standard InChI is InChI=1S/C15H22N2O2/c1-17(15(19)13-8-4-5-9-13)11-10-16-14(18)12-6-2-3-7-12/h2-5,12-13H,6-11H2,1H3,(H,16,18). The molecule has 4 heteroatoms. The summed E-state index contributed by atoms with van der Waals surface area (Å²) in [6.07, 6.45) is 11.6. The van der Waals surface area contributed by atoms with Crippen molar-refractivity contribution in [3.63, 3.8) is 0 Å². The molecule has 0 saturated heterocycles. The van der Waals surface area contributed by atoms with Gasteiger partial charge in [0.05, 0.1) is 0 Å². The molecule has 1 N–H and O–H groups in total. The Labute approximate surface area is 114 Å². The van der Waals surface area contributed by atoms with Crippen molar-refractivity contribution in [1.29, 1.82) is 0 Å². The Morgan fingerprint density at radius 2 is 1.58 bits per heavy atom. The maximum absolute atomic E-state index is 12.0. The summed E-state index contributed by atoms with van der Waals surface area (Å²) in [6.45, 7) is 1.12. The molecule has 104 valence electrons. The molecule has 0 aromatic rings. The first-order chi connectivity index (χ1) is 9.18. The smallest absolute Gasteiger partial charge is 0.226 e. The van der Waals surface area contributed by atoms with Crippen LogP contribution in [0.25, 0.3) is 0 Å². The van der Waals surface area contributed by atoms with Crippen molar-refractivity contribution in [2.45, 2.75) is 25.7 Å². The third-order valence-electron chi connectivity index (χ3n) is 3.86. The van der Waals surface area contributed by atoms with E-state index in [-0.39, 0.29) is 23.7 Å². The second-order valence-electron chi connectivity index (χ2n) is 5.33. The molecular formula is C15H22N2O2. The van der Waals surface area contributed by atoms with Gasteiger partial charge in [-0.15, -0.1) is 0 Å². The van der Waals surface area contributed by atoms with Gasteiger partial charge in [0.2, 0.25) is 11.8 Å². The number of allylic oxidation sites excluding steroid dienone is 4. The number of likely N-dealkylation sites (N-methyl/N-ethyl adjacent to an activating group) is 1. The molecule has 0 aliphatic heterocycles. The van der Waals surface area contributed by atoms with E-state index in [1.807, 2.05) is 19.2 Å². The van der Waals surface area contributed by atoms with Gasteiger partial charge in [0.1, 0.15) is 0 Å². The highest BCUT2D eigenvalue weighted by atomic mass is 16.2. The normalized spacial score (nSPS) is 19.0. The van der Waals surface area contributed by atoms with Crippen LogP contribution in [0.2, 0.25) is 0 Å². The van der Waals surface area contributed by atoms with Crippen LogP contribution in [0, 0.1) is 11.8 Å². The zero-order valence-corrected chi connectivity index (χ0v) is 11.5. The van der Waals surface area contributed by atoms with Gasteiger partial charge in [-0.3, -0.25) is 9.59 Å². The van der Waals surface area contributed by atoms with Gasteiger partial charge in [-0.2, -0.15) is 0 Å². The summed E-state index contributed by atoms with van der Waals surface area (Å²) in [4.78, 5) is 25.6. The number of carbonyl (C=O) groups excluding carboxylic acids is 2. The molecule has 19 heavy (non-hydrogen) atoms. The lowest BCUT2D eigenvalue weighted by Gasteiger charge is -2.21. The second-order valence-corrected chi connectivity index (χ2v) is 5.33. The van der Waals surface area contributed by atoms with Gasteiger partial charge >= 0.3 is 0 Å². The molecular weight excluding hydrogens is 240 g/mol. The Morgan fingerprint density at radius 3 is 2.16 bits per heavy atom. The summed E-state index contributed by atoms with van der Waals surface area (Å²) < 4.78 is 0. The lowest BCUT2D eigenvalue weighted by atomic mass is 10.1. The van der Waals surface area contributed by atoms with Crippen LogP contribution in [0.5, 0.6) is 0 Å². The molecule has 0 aromatic heterocycles. The van der Waals surface area contributed by atoms with Gasteiger partial charge in [-0.1, -0.05) is 24.3 Å². The van der Waals surface area contributed by atoms with Crippen LogP contribution in [0.4, 0.5) is 0 Å². The third-order valence-corrected chi connectivity index (χ3v) is 3.86. The SMILES string of the molecule is CN(CCNC(=O)C1CC=CC1)C(=O)C1CC=CC1. The summed E-state index contributed by atoms with van der Waals surface area (Å²) in [7, 11) is 1.81. The maximum atomic E-state index is 12.0. The van der Waals surface area contributed by atoms with E-state index < -0.39 is 0 Å². The number of carbonyl (C=O) groups is 2. The Hall–Kier alpha value is -1.58. The fraction of sp³-hybridized carbons (Fsp3) is 0.600. The predicted octanol–water partition coefficient (Wildman–Crippen LogP) is 1.49. The average Bonchev–Trinajstić information content (AvgIpc) is 3.10. The second kappa shape index (κ2) is 6.55. The molecule has 2 rings (SSSR count). The van der Waals surface area contributed by atoms with E-state index in [9.17, 15) is 9.59 Å². The Bertz CT molecular complexity index is 385. The minimum atomic E-state index is 0.0973. The van der Waals surface area contributed by atoms with Crippen LogP contribution in [0.15, 0.2) is 24.3 Å². The van der Waals surface area contributed by atoms with Crippen molar-refractivity contribution in [1.82, 2.24) is 10.2 Å². The van der Waals surface area contributed by atoms with Crippen LogP contribution in [-0.4, -0.2) is 36.9 Å². The molecule has 0 aromatic carbocycles. The molecule has 0 saturated carbocycles. The zero-order valence-electron chi connectivity index (χ0n) is 11.5. The van der Waals surface area contributed by atoms with E-state index in [1.165, 1.54) is 0 Å². The van der Waals surface area contributed by atoms with Crippen molar-refractivity contribution in [3.8, 4) is 0 Å². The number of rotatable bonds is 5. The average molecular weight is 262 g/mol. The molecule has 0 bridgehead atoms. The van der Waals surface area contributed by atoms with Gasteiger partial charge in [0, 0.05) is 32.0 Å². The van der Waals surface area contributed by atoms with Crippen molar-refractivity contribution in [3.05, 3.63) is 24.3 Å². The maximum Gasteiger partial charge on any atom is 0.226 e. The summed E-state index contributed by atoms with van der Waals surface area (Å²) in [5.41, 5.74) is 0. The lowest BCUT2D eigenvalue weighted by Crippen LogP contribution is -2.40. The minimum absolute atomic E-state index is 0.0973. The van der Waals surface area contributed by atoms with E-state index in [0.29, 0.717) is 13.1 Å². The molecule has 0 atom stereocenters. The molecule has 4 nitrogen and oxygen atoms in total. The highest BCUT2D eigenvalue weighted by molar-refractivity contribution is 5.80. The van der Waals surface area contributed by atoms with E-state index >= 15 is 0 Å². The van der Waals surface area contributed by atoms with E-state index in [1.54, 1.807) is 4.90 Å². The first-order valence-electron chi connectivity index (χ1n) is 7.01. The molecule has 0 unspecified atom stereocenters. The van der Waals surface area contributed by atoms with Crippen LogP contribution in [0.1, 0.15) is 25.7 Å². The van der Waals surface area contributed by atoms with E-state index in [0.717, 1.165) is 25.7 Å². The van der Waals surface area contributed by atoms with Crippen LogP contribution >= 0.6 is 0 Å². The van der Waals surface area contributed by atoms with Gasteiger partial charge in [-0.25, -0.2) is 0 Å². The number of amides is 2. The predicted molar refractivity (Wildman–Crippen MR) is 74.4 cm³/mol. The molecule has 0 spiro atoms. The Morgan fingerprint density at radius 1 is 1.05 bits per heavy atom. The van der Waals surface area contributed by atoms with Crippen molar-refractivity contribution < 1.29 is 9.59 Å². The summed E-state index contributed by atoms with van der Waals surface area (Å²) >= 11 is 0. The lowest BCUT2D eigenvalue weighted by molar-refractivity contribution is -0.134. The van der Waals surface area contributed by atoms with Crippen molar-refractivity contribution in [2.24, 2.45) is 11.8 Å². The highest BCUT2D eigenvalue weighted by Gasteiger charge is 2.23. The number of hydrogen-bond donors (Lipinski definition) is 1. The summed E-state index contributed by atoms with van der Waals surface area (Å²) in [5.74, 6) is 0.495. The van der Waals surface area contributed by atoms with E-state index in [2.05, 4.69) is 17.5 Å². The quantitative estimate of drug-likeness (QED) is 0.763. The van der Waals surface area contributed by atoms with Crippen molar-refractivity contribution in [2.75, 3.05) is 20.1 Å². The van der Waals surface area contributed by atoms with Gasteiger partial charge < -0.3 is 10.2 Å². The molecule has 0 heterocycles. The highest BCUT2D eigenvalue weighted by Crippen LogP contribution is 2.19. The Balaban J connectivity index is 1.64. The number of nitrogens with one attached hydrogen (secondary N) is 1. The van der Waals surface area contributed by atoms with Gasteiger partial charge in [-0.05, 0) is 25.7 Å². The number of nitrogens with zero attached hydrogens (tertiary/aromatic N) is 1. The minimum Gasteiger partial charge on any atom is -0.354 e. The third kappa shape index (κ3) is 3.69. The number of hydrogen-bond acceptors (Lipinski definition) is 2. The molecule has 2 aliphatic carbocycles. The summed E-state index contributed by atoms with van der Waals surface area (Å²) in [5, 5.41) is 2.91. The van der Waals surface area contributed by atoms with E-state index in [4.69, 9.17) is 0 Å². The van der Waals surface area contributed by atoms with Gasteiger partial charge in [0.15, 0.2) is 0 Å². The van der Waals surface area contributed by atoms with Crippen LogP contribution in [-0.2, 0) is 9.59 Å². The van der Waals surface area contributed by atoms with Crippen LogP contribution < -0.4 is 5.32 Å². The molecule has 2 amide bonds. The largest absolute Gasteiger partial charge is 0.354 e. The fourth-order valence-electron chi connectivity index (χ4n) is 2.56. The fourth-order valence-corrected chi connectivity index (χ4v) is 2.56. The van der Waals surface area contributed by atoms with Crippen LogP contribution in [0.3, 0.4) is 0 Å². The summed E-state index contributed by atoms with van der Waals surface area (Å²) in [6, 6.07) is 0. The Kier molecular flexibility index (Phi) is 4.77. The van der Waals surface area contributed by atoms with Crippen molar-refractivity contribution >= 4 is 11.8 Å². The van der Waals surface area contributed by atoms with Gasteiger partial charge in [0.25, 0.3) is 0 Å². The topological polar surface area (TPSA) is 49.4 Å². The zero-order chi connectivity index (χ0) is 13.7.